The Labute approximate surface area is 163 Å². The predicted molar refractivity (Wildman–Crippen MR) is 107 cm³/mol. The monoisotopic (exact) mass is 399 g/mol. The summed E-state index contributed by atoms with van der Waals surface area (Å²) in [6, 6.07) is 7.52. The number of benzene rings is 1. The number of nitro benzene ring substituents is 1. The molecule has 0 unspecified atom stereocenters. The van der Waals surface area contributed by atoms with Crippen molar-refractivity contribution in [2.45, 2.75) is 59.1 Å². The van der Waals surface area contributed by atoms with Crippen LogP contribution in [0, 0.1) is 10.1 Å². The first-order valence-corrected chi connectivity index (χ1v) is 11.7. The maximum absolute atomic E-state index is 11.0. The Morgan fingerprint density at radius 3 is 2.11 bits per heavy atom. The van der Waals surface area contributed by atoms with E-state index < -0.39 is 8.80 Å². The Morgan fingerprint density at radius 1 is 0.926 bits per heavy atom. The fraction of sp³-hybridized carbons (Fsp3) is 0.684. The van der Waals surface area contributed by atoms with E-state index in [0.717, 1.165) is 31.7 Å². The molecule has 0 N–H and O–H groups in total. The van der Waals surface area contributed by atoms with Crippen molar-refractivity contribution in [2.75, 3.05) is 26.4 Å². The molecule has 0 heterocycles. The van der Waals surface area contributed by atoms with E-state index in [4.69, 9.17) is 18.0 Å². The van der Waals surface area contributed by atoms with Gasteiger partial charge in [0.15, 0.2) is 0 Å². The van der Waals surface area contributed by atoms with Crippen molar-refractivity contribution in [1.82, 2.24) is 0 Å². The topological polar surface area (TPSA) is 80.1 Å². The lowest BCUT2D eigenvalue weighted by atomic mass is 10.2. The van der Waals surface area contributed by atoms with Gasteiger partial charge in [-0.1, -0.05) is 25.0 Å². The molecular weight excluding hydrogens is 366 g/mol. The number of ether oxygens (including phenoxy) is 1. The number of nitro groups is 1. The molecule has 0 radical (unpaired) electrons. The van der Waals surface area contributed by atoms with Crippen LogP contribution in [0.3, 0.4) is 0 Å². The van der Waals surface area contributed by atoms with Crippen molar-refractivity contribution in [3.8, 4) is 0 Å². The first-order valence-electron chi connectivity index (χ1n) is 9.80. The second-order valence-electron chi connectivity index (χ2n) is 6.08. The minimum atomic E-state index is -2.53. The van der Waals surface area contributed by atoms with Crippen LogP contribution >= 0.6 is 0 Å². The molecule has 1 rings (SSSR count). The molecule has 8 heteroatoms. The van der Waals surface area contributed by atoms with Crippen LogP contribution in [0.25, 0.3) is 0 Å². The average Bonchev–Trinajstić information content (AvgIpc) is 2.65. The van der Waals surface area contributed by atoms with E-state index in [1.165, 1.54) is 6.07 Å². The molecule has 0 saturated heterocycles. The van der Waals surface area contributed by atoms with Crippen LogP contribution in [0.4, 0.5) is 5.69 Å². The predicted octanol–water partition coefficient (Wildman–Crippen LogP) is 4.72. The van der Waals surface area contributed by atoms with Gasteiger partial charge in [-0.3, -0.25) is 10.1 Å². The van der Waals surface area contributed by atoms with E-state index >= 15 is 0 Å². The molecule has 0 spiro atoms. The molecule has 0 amide bonds. The van der Waals surface area contributed by atoms with E-state index in [1.807, 2.05) is 20.8 Å². The molecule has 0 aromatic heterocycles. The molecule has 1 aromatic rings. The average molecular weight is 400 g/mol. The maximum atomic E-state index is 11.0. The molecule has 27 heavy (non-hydrogen) atoms. The largest absolute Gasteiger partial charge is 0.500 e. The molecule has 0 saturated carbocycles. The quantitative estimate of drug-likeness (QED) is 0.173. The van der Waals surface area contributed by atoms with E-state index in [0.29, 0.717) is 32.0 Å². The molecule has 0 aliphatic rings. The van der Waals surface area contributed by atoms with E-state index in [2.05, 4.69) is 0 Å². The van der Waals surface area contributed by atoms with Crippen molar-refractivity contribution < 1.29 is 22.9 Å². The lowest BCUT2D eigenvalue weighted by Crippen LogP contribution is -2.45. The van der Waals surface area contributed by atoms with Gasteiger partial charge in [-0.25, -0.2) is 0 Å². The van der Waals surface area contributed by atoms with Crippen LogP contribution < -0.4 is 0 Å². The highest BCUT2D eigenvalue weighted by molar-refractivity contribution is 6.60. The first-order chi connectivity index (χ1) is 13.1. The second kappa shape index (κ2) is 13.8. The molecule has 0 bridgehead atoms. The highest BCUT2D eigenvalue weighted by atomic mass is 28.4. The maximum Gasteiger partial charge on any atom is 0.500 e. The third-order valence-electron chi connectivity index (χ3n) is 4.06. The van der Waals surface area contributed by atoms with Gasteiger partial charge in [0.25, 0.3) is 5.69 Å². The van der Waals surface area contributed by atoms with Crippen LogP contribution in [-0.4, -0.2) is 40.2 Å². The Hall–Kier alpha value is -1.32. The number of rotatable bonds is 16. The molecular formula is C19H33NO6Si. The van der Waals surface area contributed by atoms with Gasteiger partial charge in [0, 0.05) is 38.5 Å². The number of nitrogens with zero attached hydrogens (tertiary/aromatic N) is 1. The van der Waals surface area contributed by atoms with Gasteiger partial charge in [-0.2, -0.15) is 0 Å². The summed E-state index contributed by atoms with van der Waals surface area (Å²) in [4.78, 5) is 10.6. The summed E-state index contributed by atoms with van der Waals surface area (Å²) in [6.45, 7) is 8.57. The number of hydrogen-bond acceptors (Lipinski definition) is 6. The third kappa shape index (κ3) is 8.94. The number of para-hydroxylation sites is 1. The van der Waals surface area contributed by atoms with Crippen molar-refractivity contribution >= 4 is 14.5 Å². The second-order valence-corrected chi connectivity index (χ2v) is 8.82. The van der Waals surface area contributed by atoms with Gasteiger partial charge >= 0.3 is 8.80 Å². The highest BCUT2D eigenvalue weighted by Crippen LogP contribution is 2.21. The summed E-state index contributed by atoms with van der Waals surface area (Å²) >= 11 is 0. The Morgan fingerprint density at radius 2 is 1.52 bits per heavy atom. The number of unbranched alkanes of at least 4 members (excludes halogenated alkanes) is 3. The smallest absolute Gasteiger partial charge is 0.377 e. The van der Waals surface area contributed by atoms with E-state index in [9.17, 15) is 10.1 Å². The van der Waals surface area contributed by atoms with Gasteiger partial charge in [0.1, 0.15) is 0 Å². The fourth-order valence-corrected chi connectivity index (χ4v) is 5.58. The molecule has 1 aromatic carbocycles. The van der Waals surface area contributed by atoms with Crippen molar-refractivity contribution in [1.29, 1.82) is 0 Å². The van der Waals surface area contributed by atoms with Crippen LogP contribution in [0.1, 0.15) is 52.0 Å². The van der Waals surface area contributed by atoms with Crippen LogP contribution in [-0.2, 0) is 24.6 Å². The third-order valence-corrected chi connectivity index (χ3v) is 7.21. The molecule has 7 nitrogen and oxygen atoms in total. The van der Waals surface area contributed by atoms with Gasteiger partial charge in [0.2, 0.25) is 0 Å². The van der Waals surface area contributed by atoms with Crippen LogP contribution in [0.15, 0.2) is 24.3 Å². The minimum Gasteiger partial charge on any atom is -0.377 e. The summed E-state index contributed by atoms with van der Waals surface area (Å²) < 4.78 is 23.2. The summed E-state index contributed by atoms with van der Waals surface area (Å²) in [5, 5.41) is 11.0. The molecule has 154 valence electrons. The summed E-state index contributed by atoms with van der Waals surface area (Å²) in [5.41, 5.74) is 0.727. The van der Waals surface area contributed by atoms with E-state index in [1.54, 1.807) is 18.2 Å². The molecule has 0 aliphatic carbocycles. The summed E-state index contributed by atoms with van der Waals surface area (Å²) in [6.07, 6.45) is 4.01. The zero-order valence-corrected chi connectivity index (χ0v) is 17.8. The van der Waals surface area contributed by atoms with Gasteiger partial charge in [-0.05, 0) is 39.7 Å². The number of hydrogen-bond donors (Lipinski definition) is 0. The normalized spacial score (nSPS) is 11.7. The molecule has 0 atom stereocenters. The SMILES string of the molecule is CCO[Si](CCCCCCOCc1ccccc1[N+](=O)[O-])(OCC)OCC. The lowest BCUT2D eigenvalue weighted by Gasteiger charge is -2.28. The Bertz CT molecular complexity index is 526. The van der Waals surface area contributed by atoms with E-state index in [-0.39, 0.29) is 17.2 Å². The standard InChI is InChI=1S/C19H33NO6Si/c1-4-24-27(25-5-2,26-6-3)16-12-8-7-11-15-23-17-18-13-9-10-14-19(18)20(21)22/h9-10,13-14H,4-8,11-12,15-17H2,1-3H3. The summed E-state index contributed by atoms with van der Waals surface area (Å²) in [7, 11) is -2.53. The van der Waals surface area contributed by atoms with Crippen molar-refractivity contribution in [3.63, 3.8) is 0 Å². The Kier molecular flexibility index (Phi) is 12.1. The molecule has 0 aliphatic heterocycles. The molecule has 0 fully saturated rings. The Balaban J connectivity index is 2.24. The highest BCUT2D eigenvalue weighted by Gasteiger charge is 2.39. The lowest BCUT2D eigenvalue weighted by molar-refractivity contribution is -0.385. The van der Waals surface area contributed by atoms with Crippen molar-refractivity contribution in [2.24, 2.45) is 0 Å². The van der Waals surface area contributed by atoms with Gasteiger partial charge in [0.05, 0.1) is 17.1 Å². The van der Waals surface area contributed by atoms with Gasteiger partial charge < -0.3 is 18.0 Å². The zero-order valence-electron chi connectivity index (χ0n) is 16.8. The van der Waals surface area contributed by atoms with Crippen LogP contribution in [0.5, 0.6) is 0 Å². The van der Waals surface area contributed by atoms with Crippen LogP contribution in [0.2, 0.25) is 6.04 Å². The minimum absolute atomic E-state index is 0.113. The van der Waals surface area contributed by atoms with Gasteiger partial charge in [-0.15, -0.1) is 0 Å². The summed E-state index contributed by atoms with van der Waals surface area (Å²) in [5.74, 6) is 0. The first kappa shape index (κ1) is 23.7. The fourth-order valence-electron chi connectivity index (χ4n) is 2.89. The van der Waals surface area contributed by atoms with Crippen molar-refractivity contribution in [3.05, 3.63) is 39.9 Å². The zero-order chi connectivity index (χ0) is 20.0.